The van der Waals surface area contributed by atoms with Crippen molar-refractivity contribution in [2.75, 3.05) is 6.54 Å². The smallest absolute Gasteiger partial charge is 0.223 e. The molecule has 4 atom stereocenters. The van der Waals surface area contributed by atoms with E-state index < -0.39 is 17.7 Å². The number of halogens is 1. The fraction of sp³-hybridized carbons (Fsp3) is 0.345. The number of hydrogen-bond donors (Lipinski definition) is 2. The highest BCUT2D eigenvalue weighted by Gasteiger charge is 2.58. The average Bonchev–Trinajstić information content (AvgIpc) is 3.05. The van der Waals surface area contributed by atoms with Gasteiger partial charge in [0.05, 0.1) is 23.9 Å². The molecule has 1 heterocycles. The molecule has 4 aliphatic rings. The van der Waals surface area contributed by atoms with Crippen LogP contribution in [0.3, 0.4) is 0 Å². The number of amides is 1. The highest BCUT2D eigenvalue weighted by Crippen LogP contribution is 2.56. The second-order valence-electron chi connectivity index (χ2n) is 9.76. The van der Waals surface area contributed by atoms with E-state index in [9.17, 15) is 15.0 Å². The summed E-state index contributed by atoms with van der Waals surface area (Å²) in [5.41, 5.74) is 4.02. The molecule has 1 aromatic carbocycles. The lowest BCUT2D eigenvalue weighted by molar-refractivity contribution is -0.144. The molecule has 0 saturated carbocycles. The van der Waals surface area contributed by atoms with Crippen molar-refractivity contribution in [3.05, 3.63) is 93.3 Å². The molecule has 0 spiro atoms. The Morgan fingerprint density at radius 1 is 1.39 bits per heavy atom. The third-order valence-electron chi connectivity index (χ3n) is 7.80. The fourth-order valence-electron chi connectivity index (χ4n) is 6.13. The van der Waals surface area contributed by atoms with Gasteiger partial charge in [-0.2, -0.15) is 5.26 Å². The molecule has 1 saturated heterocycles. The van der Waals surface area contributed by atoms with Crippen LogP contribution in [0.25, 0.3) is 0 Å². The van der Waals surface area contributed by atoms with E-state index in [1.165, 1.54) is 6.21 Å². The number of aliphatic imine (C=N–C) groups is 1. The van der Waals surface area contributed by atoms with Gasteiger partial charge >= 0.3 is 0 Å². The molecule has 3 aliphatic carbocycles. The number of carbonyl (C=O) groups is 1. The average molecular weight is 502 g/mol. The lowest BCUT2D eigenvalue weighted by atomic mass is 9.57. The molecule has 5 rings (SSSR count). The summed E-state index contributed by atoms with van der Waals surface area (Å²) in [6.07, 6.45) is 13.2. The second kappa shape index (κ2) is 9.57. The number of aliphatic hydroxyl groups is 2. The molecule has 2 bridgehead atoms. The second-order valence-corrected chi connectivity index (χ2v) is 10.2. The third-order valence-corrected chi connectivity index (χ3v) is 8.04. The van der Waals surface area contributed by atoms with Gasteiger partial charge in [0, 0.05) is 30.1 Å². The van der Waals surface area contributed by atoms with Gasteiger partial charge in [-0.05, 0) is 71.9 Å². The van der Waals surface area contributed by atoms with Crippen LogP contribution in [0.15, 0.2) is 82.1 Å². The molecule has 1 aliphatic heterocycles. The number of fused-ring (bicyclic) bond motifs is 3. The summed E-state index contributed by atoms with van der Waals surface area (Å²) in [6, 6.07) is 7.30. The molecule has 4 unspecified atom stereocenters. The first kappa shape index (κ1) is 24.3. The number of piperidine rings is 1. The first-order chi connectivity index (χ1) is 17.3. The molecule has 6 nitrogen and oxygen atoms in total. The maximum Gasteiger partial charge on any atom is 0.223 e. The largest absolute Gasteiger partial charge is 0.508 e. The quantitative estimate of drug-likeness (QED) is 0.541. The Balaban J connectivity index is 1.62. The van der Waals surface area contributed by atoms with Gasteiger partial charge in [0.15, 0.2) is 6.23 Å². The SMILES string of the molecule is Cc1cc(Cl)ccc1CCN1C(=O)CCC2(C(O)N=CCC#N)C3=CC4C(=CC=C3)C=C(O)C=C4C12. The van der Waals surface area contributed by atoms with Crippen LogP contribution in [0.4, 0.5) is 0 Å². The number of aliphatic hydroxyl groups excluding tert-OH is 2. The summed E-state index contributed by atoms with van der Waals surface area (Å²) in [6.45, 7) is 2.46. The molecule has 1 fully saturated rings. The lowest BCUT2D eigenvalue weighted by Gasteiger charge is -2.56. The minimum Gasteiger partial charge on any atom is -0.508 e. The Bertz CT molecular complexity index is 1330. The first-order valence-electron chi connectivity index (χ1n) is 12.2. The minimum absolute atomic E-state index is 0.0131. The molecule has 1 amide bonds. The topological polar surface area (TPSA) is 96.9 Å². The number of allylic oxidation sites excluding steroid dienone is 7. The number of benzene rings is 1. The number of likely N-dealkylation sites (tertiary alicyclic amines) is 1. The summed E-state index contributed by atoms with van der Waals surface area (Å²) >= 11 is 6.15. The van der Waals surface area contributed by atoms with Crippen molar-refractivity contribution in [3.63, 3.8) is 0 Å². The van der Waals surface area contributed by atoms with Crippen LogP contribution in [-0.4, -0.2) is 46.0 Å². The monoisotopic (exact) mass is 501 g/mol. The van der Waals surface area contributed by atoms with E-state index in [0.29, 0.717) is 24.4 Å². The van der Waals surface area contributed by atoms with Crippen LogP contribution in [0.2, 0.25) is 5.02 Å². The van der Waals surface area contributed by atoms with Crippen molar-refractivity contribution >= 4 is 23.7 Å². The van der Waals surface area contributed by atoms with Crippen molar-refractivity contribution in [1.82, 2.24) is 4.90 Å². The number of carbonyl (C=O) groups excluding carboxylic acids is 1. The molecule has 0 radical (unpaired) electrons. The van der Waals surface area contributed by atoms with Crippen molar-refractivity contribution in [3.8, 4) is 6.07 Å². The van der Waals surface area contributed by atoms with Gasteiger partial charge in [-0.1, -0.05) is 42.0 Å². The van der Waals surface area contributed by atoms with Crippen LogP contribution in [-0.2, 0) is 11.2 Å². The highest BCUT2D eigenvalue weighted by molar-refractivity contribution is 6.30. The van der Waals surface area contributed by atoms with Gasteiger partial charge in [-0.25, -0.2) is 0 Å². The molecule has 184 valence electrons. The highest BCUT2D eigenvalue weighted by atomic mass is 35.5. The van der Waals surface area contributed by atoms with Crippen molar-refractivity contribution in [2.45, 2.75) is 44.9 Å². The Kier molecular flexibility index (Phi) is 6.46. The molecular formula is C29H28ClN3O3. The van der Waals surface area contributed by atoms with E-state index in [1.54, 1.807) is 12.2 Å². The maximum atomic E-state index is 13.5. The minimum atomic E-state index is -1.16. The van der Waals surface area contributed by atoms with Gasteiger partial charge in [0.2, 0.25) is 5.91 Å². The van der Waals surface area contributed by atoms with Gasteiger partial charge in [-0.15, -0.1) is 0 Å². The van der Waals surface area contributed by atoms with Gasteiger partial charge in [0.1, 0.15) is 5.76 Å². The fourth-order valence-corrected chi connectivity index (χ4v) is 6.36. The van der Waals surface area contributed by atoms with Crippen LogP contribution in [0.1, 0.15) is 30.4 Å². The van der Waals surface area contributed by atoms with Crippen LogP contribution >= 0.6 is 11.6 Å². The van der Waals surface area contributed by atoms with Crippen molar-refractivity contribution < 1.29 is 15.0 Å². The number of hydrogen-bond acceptors (Lipinski definition) is 5. The predicted octanol–water partition coefficient (Wildman–Crippen LogP) is 4.91. The van der Waals surface area contributed by atoms with Crippen LogP contribution < -0.4 is 0 Å². The summed E-state index contributed by atoms with van der Waals surface area (Å²) in [4.78, 5) is 19.7. The molecule has 36 heavy (non-hydrogen) atoms. The van der Waals surface area contributed by atoms with E-state index in [0.717, 1.165) is 27.8 Å². The zero-order valence-corrected chi connectivity index (χ0v) is 20.8. The van der Waals surface area contributed by atoms with E-state index >= 15 is 0 Å². The lowest BCUT2D eigenvalue weighted by Crippen LogP contribution is -2.63. The summed E-state index contributed by atoms with van der Waals surface area (Å²) in [5.74, 6) is 0.0339. The molecule has 7 heteroatoms. The summed E-state index contributed by atoms with van der Waals surface area (Å²) < 4.78 is 0. The van der Waals surface area contributed by atoms with E-state index in [2.05, 4.69) is 11.1 Å². The third kappa shape index (κ3) is 4.03. The Morgan fingerprint density at radius 2 is 2.22 bits per heavy atom. The zero-order valence-electron chi connectivity index (χ0n) is 20.1. The Morgan fingerprint density at radius 3 is 3.00 bits per heavy atom. The maximum absolute atomic E-state index is 13.5. The normalized spacial score (nSPS) is 27.4. The van der Waals surface area contributed by atoms with Crippen molar-refractivity contribution in [1.29, 1.82) is 5.26 Å². The molecular weight excluding hydrogens is 474 g/mol. The Labute approximate surface area is 215 Å². The van der Waals surface area contributed by atoms with Crippen LogP contribution in [0, 0.1) is 29.6 Å². The van der Waals surface area contributed by atoms with Gasteiger partial charge in [0.25, 0.3) is 0 Å². The zero-order chi connectivity index (χ0) is 25.4. The number of nitrogens with zero attached hydrogens (tertiary/aromatic N) is 3. The van der Waals surface area contributed by atoms with Gasteiger partial charge < -0.3 is 15.1 Å². The molecule has 0 aromatic heterocycles. The first-order valence-corrected chi connectivity index (χ1v) is 12.6. The summed E-state index contributed by atoms with van der Waals surface area (Å²) in [5, 5.41) is 31.8. The standard InChI is InChI=1S/C29H28ClN3O3/c1-18-14-22(30)7-6-19(18)9-13-33-26(35)8-10-29(28(36)32-12-3-11-31)21-5-2-4-20-15-23(34)17-25(27(29)33)24(20)16-21/h2,4-7,12,14-17,24,27-28,34,36H,3,8-10,13H2,1H3. The van der Waals surface area contributed by atoms with Crippen LogP contribution in [0.5, 0.6) is 0 Å². The van der Waals surface area contributed by atoms with Crippen molar-refractivity contribution in [2.24, 2.45) is 16.3 Å². The Hall–Kier alpha value is -3.40. The van der Waals surface area contributed by atoms with E-state index in [1.807, 2.05) is 54.3 Å². The summed E-state index contributed by atoms with van der Waals surface area (Å²) in [7, 11) is 0. The number of aryl methyl sites for hydroxylation is 1. The predicted molar refractivity (Wildman–Crippen MR) is 139 cm³/mol. The molecule has 1 aromatic rings. The number of nitriles is 1. The molecule has 2 N–H and O–H groups in total. The van der Waals surface area contributed by atoms with E-state index in [4.69, 9.17) is 16.9 Å². The van der Waals surface area contributed by atoms with Gasteiger partial charge in [-0.3, -0.25) is 9.79 Å². The van der Waals surface area contributed by atoms with E-state index in [-0.39, 0.29) is 30.4 Å². The number of rotatable bonds is 6.